The molecule has 0 aliphatic carbocycles. The van der Waals surface area contributed by atoms with Gasteiger partial charge in [-0.2, -0.15) is 0 Å². The molecule has 0 amide bonds. The van der Waals surface area contributed by atoms with Gasteiger partial charge in [0.15, 0.2) is 0 Å². The number of piperidine rings is 1. The summed E-state index contributed by atoms with van der Waals surface area (Å²) in [5, 5.41) is 0. The number of hydrogen-bond acceptors (Lipinski definition) is 2. The SMILES string of the molecule is Br.CCCCCCN1CCCCC1.N. The molecule has 1 aliphatic heterocycles. The molecule has 0 bridgehead atoms. The molecule has 0 spiro atoms. The van der Waals surface area contributed by atoms with E-state index in [1.54, 1.807) is 0 Å². The van der Waals surface area contributed by atoms with E-state index in [-0.39, 0.29) is 23.1 Å². The van der Waals surface area contributed by atoms with Crippen LogP contribution in [-0.2, 0) is 0 Å². The molecule has 0 aromatic rings. The molecule has 1 saturated heterocycles. The highest BCUT2D eigenvalue weighted by Crippen LogP contribution is 2.10. The van der Waals surface area contributed by atoms with Crippen LogP contribution >= 0.6 is 17.0 Å². The van der Waals surface area contributed by atoms with E-state index in [4.69, 9.17) is 0 Å². The molecular weight excluding hydrogens is 240 g/mol. The standard InChI is InChI=1S/C11H23N.BrH.H3N/c1-2-3-4-6-9-12-10-7-5-8-11-12;;/h2-11H2,1H3;1H;1H3. The van der Waals surface area contributed by atoms with E-state index < -0.39 is 0 Å². The average Bonchev–Trinajstić information content (AvgIpc) is 2.14. The summed E-state index contributed by atoms with van der Waals surface area (Å²) in [7, 11) is 0. The molecule has 3 heteroatoms. The number of nitrogens with zero attached hydrogens (tertiary/aromatic N) is 1. The number of hydrogen-bond donors (Lipinski definition) is 1. The molecule has 0 aromatic heterocycles. The van der Waals surface area contributed by atoms with Crippen molar-refractivity contribution < 1.29 is 0 Å². The number of likely N-dealkylation sites (tertiary alicyclic amines) is 1. The van der Waals surface area contributed by atoms with Gasteiger partial charge < -0.3 is 11.1 Å². The Morgan fingerprint density at radius 2 is 1.57 bits per heavy atom. The summed E-state index contributed by atoms with van der Waals surface area (Å²) in [6, 6.07) is 0. The molecule has 88 valence electrons. The Morgan fingerprint density at radius 1 is 0.929 bits per heavy atom. The molecule has 0 saturated carbocycles. The summed E-state index contributed by atoms with van der Waals surface area (Å²) in [5.41, 5.74) is 0. The van der Waals surface area contributed by atoms with Gasteiger partial charge >= 0.3 is 0 Å². The molecule has 1 aliphatic rings. The molecule has 3 N–H and O–H groups in total. The molecule has 0 aromatic carbocycles. The van der Waals surface area contributed by atoms with Crippen molar-refractivity contribution in [3.8, 4) is 0 Å². The number of halogens is 1. The first-order valence-electron chi connectivity index (χ1n) is 5.66. The number of rotatable bonds is 5. The largest absolute Gasteiger partial charge is 0.344 e. The van der Waals surface area contributed by atoms with Crippen molar-refractivity contribution in [2.24, 2.45) is 0 Å². The summed E-state index contributed by atoms with van der Waals surface area (Å²) in [5.74, 6) is 0. The highest BCUT2D eigenvalue weighted by molar-refractivity contribution is 8.93. The van der Waals surface area contributed by atoms with Crippen LogP contribution in [0.2, 0.25) is 0 Å². The first kappa shape index (κ1) is 16.8. The summed E-state index contributed by atoms with van der Waals surface area (Å²) in [6.07, 6.45) is 9.99. The molecule has 2 nitrogen and oxygen atoms in total. The van der Waals surface area contributed by atoms with Crippen LogP contribution in [0.5, 0.6) is 0 Å². The van der Waals surface area contributed by atoms with Crippen molar-refractivity contribution in [1.82, 2.24) is 11.1 Å². The lowest BCUT2D eigenvalue weighted by atomic mass is 10.1. The zero-order valence-electron chi connectivity index (χ0n) is 9.63. The first-order chi connectivity index (χ1) is 5.93. The Kier molecular flexibility index (Phi) is 13.8. The van der Waals surface area contributed by atoms with Crippen molar-refractivity contribution in [3.05, 3.63) is 0 Å². The van der Waals surface area contributed by atoms with Crippen molar-refractivity contribution in [2.75, 3.05) is 19.6 Å². The Hall–Kier alpha value is 0.400. The lowest BCUT2D eigenvalue weighted by molar-refractivity contribution is 0.224. The van der Waals surface area contributed by atoms with Gasteiger partial charge in [-0.05, 0) is 38.9 Å². The highest BCUT2D eigenvalue weighted by Gasteiger charge is 2.08. The van der Waals surface area contributed by atoms with Crippen LogP contribution < -0.4 is 6.15 Å². The van der Waals surface area contributed by atoms with Crippen molar-refractivity contribution in [1.29, 1.82) is 0 Å². The van der Waals surface area contributed by atoms with Crippen LogP contribution in [0.4, 0.5) is 0 Å². The second-order valence-corrected chi connectivity index (χ2v) is 3.96. The average molecular weight is 267 g/mol. The third kappa shape index (κ3) is 7.77. The maximum atomic E-state index is 2.64. The fraction of sp³-hybridized carbons (Fsp3) is 1.00. The Morgan fingerprint density at radius 3 is 2.14 bits per heavy atom. The minimum atomic E-state index is 0. The Balaban J connectivity index is 0. The van der Waals surface area contributed by atoms with Crippen LogP contribution in [0, 0.1) is 0 Å². The van der Waals surface area contributed by atoms with Gasteiger partial charge in [-0.25, -0.2) is 0 Å². The van der Waals surface area contributed by atoms with Crippen LogP contribution in [0.1, 0.15) is 51.9 Å². The highest BCUT2D eigenvalue weighted by atomic mass is 79.9. The molecule has 1 heterocycles. The van der Waals surface area contributed by atoms with Gasteiger partial charge in [0, 0.05) is 0 Å². The second-order valence-electron chi connectivity index (χ2n) is 3.96. The second kappa shape index (κ2) is 11.5. The lowest BCUT2D eigenvalue weighted by Crippen LogP contribution is -2.30. The van der Waals surface area contributed by atoms with E-state index in [0.29, 0.717) is 0 Å². The maximum absolute atomic E-state index is 2.64. The van der Waals surface area contributed by atoms with Crippen LogP contribution in [0.3, 0.4) is 0 Å². The quantitative estimate of drug-likeness (QED) is 0.769. The third-order valence-electron chi connectivity index (χ3n) is 2.78. The van der Waals surface area contributed by atoms with Gasteiger partial charge in [-0.3, -0.25) is 0 Å². The van der Waals surface area contributed by atoms with Gasteiger partial charge in [-0.1, -0.05) is 32.6 Å². The van der Waals surface area contributed by atoms with E-state index >= 15 is 0 Å². The van der Waals surface area contributed by atoms with Crippen LogP contribution in [0.15, 0.2) is 0 Å². The normalized spacial score (nSPS) is 16.9. The summed E-state index contributed by atoms with van der Waals surface area (Å²) in [4.78, 5) is 2.64. The van der Waals surface area contributed by atoms with E-state index in [9.17, 15) is 0 Å². The Labute approximate surface area is 99.8 Å². The number of unbranched alkanes of at least 4 members (excludes halogenated alkanes) is 3. The van der Waals surface area contributed by atoms with E-state index in [2.05, 4.69) is 11.8 Å². The van der Waals surface area contributed by atoms with E-state index in [1.807, 2.05) is 0 Å². The van der Waals surface area contributed by atoms with Gasteiger partial charge in [0.1, 0.15) is 0 Å². The predicted molar refractivity (Wildman–Crippen MR) is 69.8 cm³/mol. The minimum Gasteiger partial charge on any atom is -0.344 e. The van der Waals surface area contributed by atoms with Gasteiger partial charge in [-0.15, -0.1) is 17.0 Å². The fourth-order valence-corrected chi connectivity index (χ4v) is 1.95. The van der Waals surface area contributed by atoms with Crippen LogP contribution in [-0.4, -0.2) is 24.5 Å². The first-order valence-corrected chi connectivity index (χ1v) is 5.66. The summed E-state index contributed by atoms with van der Waals surface area (Å²) in [6.45, 7) is 6.37. The minimum absolute atomic E-state index is 0. The molecule has 1 fully saturated rings. The van der Waals surface area contributed by atoms with Gasteiger partial charge in [0.2, 0.25) is 0 Å². The lowest BCUT2D eigenvalue weighted by Gasteiger charge is -2.26. The third-order valence-corrected chi connectivity index (χ3v) is 2.78. The maximum Gasteiger partial charge on any atom is -0.00187 e. The zero-order chi connectivity index (χ0) is 8.65. The Bertz CT molecular complexity index is 103. The zero-order valence-corrected chi connectivity index (χ0v) is 11.3. The molecule has 0 unspecified atom stereocenters. The predicted octanol–water partition coefficient (Wildman–Crippen LogP) is 3.79. The molecule has 1 rings (SSSR count). The summed E-state index contributed by atoms with van der Waals surface area (Å²) < 4.78 is 0. The van der Waals surface area contributed by atoms with Gasteiger partial charge in [0.05, 0.1) is 0 Å². The van der Waals surface area contributed by atoms with Crippen molar-refractivity contribution >= 4 is 17.0 Å². The van der Waals surface area contributed by atoms with Crippen molar-refractivity contribution in [3.63, 3.8) is 0 Å². The molecular formula is C11H27BrN2. The van der Waals surface area contributed by atoms with Crippen molar-refractivity contribution in [2.45, 2.75) is 51.9 Å². The molecule has 0 radical (unpaired) electrons. The topological polar surface area (TPSA) is 38.2 Å². The molecule has 0 atom stereocenters. The summed E-state index contributed by atoms with van der Waals surface area (Å²) >= 11 is 0. The van der Waals surface area contributed by atoms with E-state index in [0.717, 1.165) is 0 Å². The monoisotopic (exact) mass is 266 g/mol. The van der Waals surface area contributed by atoms with Crippen LogP contribution in [0.25, 0.3) is 0 Å². The van der Waals surface area contributed by atoms with Gasteiger partial charge in [0.25, 0.3) is 0 Å². The fourth-order valence-electron chi connectivity index (χ4n) is 1.95. The molecule has 14 heavy (non-hydrogen) atoms. The smallest absolute Gasteiger partial charge is 0.00187 e. The van der Waals surface area contributed by atoms with E-state index in [1.165, 1.54) is 64.6 Å².